The van der Waals surface area contributed by atoms with Crippen molar-refractivity contribution in [1.82, 2.24) is 14.0 Å². The number of alkyl halides is 3. The zero-order valence-electron chi connectivity index (χ0n) is 24.9. The van der Waals surface area contributed by atoms with E-state index in [1.54, 1.807) is 41.3 Å². The highest BCUT2D eigenvalue weighted by Gasteiger charge is 2.35. The van der Waals surface area contributed by atoms with E-state index in [-0.39, 0.29) is 43.1 Å². The number of aromatic nitrogens is 2. The number of nitrogens with two attached hydrogens (primary N) is 1. The molecule has 8 nitrogen and oxygen atoms in total. The quantitative estimate of drug-likeness (QED) is 0.284. The fourth-order valence-corrected chi connectivity index (χ4v) is 5.84. The van der Waals surface area contributed by atoms with E-state index in [0.29, 0.717) is 24.2 Å². The lowest BCUT2D eigenvalue weighted by Gasteiger charge is -2.37. The number of halogens is 5. The number of hydrogen-bond acceptors (Lipinski definition) is 6. The minimum absolute atomic E-state index is 0.0446. The molecule has 1 fully saturated rings. The van der Waals surface area contributed by atoms with Gasteiger partial charge in [-0.05, 0) is 36.2 Å². The number of anilines is 1. The van der Waals surface area contributed by atoms with Gasteiger partial charge in [0.2, 0.25) is 0 Å². The van der Waals surface area contributed by atoms with Crippen molar-refractivity contribution in [2.45, 2.75) is 38.8 Å². The lowest BCUT2D eigenvalue weighted by Crippen LogP contribution is -2.51. The molecule has 46 heavy (non-hydrogen) atoms. The van der Waals surface area contributed by atoms with Crippen molar-refractivity contribution in [1.29, 1.82) is 5.26 Å². The van der Waals surface area contributed by atoms with Crippen LogP contribution in [0, 0.1) is 29.9 Å². The molecule has 0 amide bonds. The maximum atomic E-state index is 14.9. The van der Waals surface area contributed by atoms with Gasteiger partial charge in [0.25, 0.3) is 5.56 Å². The van der Waals surface area contributed by atoms with E-state index in [4.69, 9.17) is 5.73 Å². The first-order valence-corrected chi connectivity index (χ1v) is 14.5. The Morgan fingerprint density at radius 3 is 2.17 bits per heavy atom. The molecule has 1 atom stereocenters. The van der Waals surface area contributed by atoms with Gasteiger partial charge in [-0.25, -0.2) is 13.6 Å². The van der Waals surface area contributed by atoms with Gasteiger partial charge < -0.3 is 10.6 Å². The molecule has 0 unspecified atom stereocenters. The number of nitrogens with zero attached hydrogens (tertiary/aromatic N) is 5. The number of rotatable bonds is 8. The maximum absolute atomic E-state index is 14.9. The van der Waals surface area contributed by atoms with Crippen molar-refractivity contribution >= 4 is 5.69 Å². The first-order valence-electron chi connectivity index (χ1n) is 14.5. The standard InChI is InChI=1S/C33H31F5N6O2/c1-21-30(42-15-13-41(14-16-42)18-23-9-5-11-27(34)24(23)17-39)31(45)44(20-29(40)22-7-3-2-4-8-22)32(46)43(21)19-25-26(33(36,37)38)10-6-12-28(25)35/h2-12,29H,13-16,18-20,40H2,1H3/t29-/m0/s1. The van der Waals surface area contributed by atoms with Crippen LogP contribution in [0.3, 0.4) is 0 Å². The summed E-state index contributed by atoms with van der Waals surface area (Å²) in [5.41, 5.74) is 4.14. The minimum Gasteiger partial charge on any atom is -0.363 e. The summed E-state index contributed by atoms with van der Waals surface area (Å²) < 4.78 is 72.6. The van der Waals surface area contributed by atoms with Crippen LogP contribution in [-0.4, -0.2) is 40.2 Å². The lowest BCUT2D eigenvalue weighted by molar-refractivity contribution is -0.138. The van der Waals surface area contributed by atoms with Gasteiger partial charge in [-0.2, -0.15) is 18.4 Å². The van der Waals surface area contributed by atoms with Crippen LogP contribution in [0.5, 0.6) is 0 Å². The van der Waals surface area contributed by atoms with Crippen LogP contribution < -0.4 is 21.9 Å². The van der Waals surface area contributed by atoms with Gasteiger partial charge in [0, 0.05) is 50.0 Å². The number of nitriles is 1. The second-order valence-electron chi connectivity index (χ2n) is 11.1. The third-order valence-corrected chi connectivity index (χ3v) is 8.30. The van der Waals surface area contributed by atoms with Gasteiger partial charge in [0.05, 0.1) is 24.2 Å². The fourth-order valence-electron chi connectivity index (χ4n) is 5.84. The van der Waals surface area contributed by atoms with E-state index in [9.17, 15) is 36.8 Å². The fraction of sp³-hybridized carbons (Fsp3) is 0.303. The van der Waals surface area contributed by atoms with Gasteiger partial charge in [0.15, 0.2) is 0 Å². The van der Waals surface area contributed by atoms with Crippen molar-refractivity contribution in [2.75, 3.05) is 31.1 Å². The van der Waals surface area contributed by atoms with E-state index in [1.807, 2.05) is 11.0 Å². The topological polar surface area (TPSA) is 100 Å². The predicted octanol–water partition coefficient (Wildman–Crippen LogP) is 4.56. The smallest absolute Gasteiger partial charge is 0.363 e. The molecule has 0 radical (unpaired) electrons. The maximum Gasteiger partial charge on any atom is 0.416 e. The normalized spacial score (nSPS) is 14.7. The van der Waals surface area contributed by atoms with Crippen molar-refractivity contribution in [3.63, 3.8) is 0 Å². The van der Waals surface area contributed by atoms with Gasteiger partial charge in [0.1, 0.15) is 23.4 Å². The largest absolute Gasteiger partial charge is 0.416 e. The third-order valence-electron chi connectivity index (χ3n) is 8.30. The zero-order chi connectivity index (χ0) is 33.2. The van der Waals surface area contributed by atoms with Crippen molar-refractivity contribution in [2.24, 2.45) is 5.73 Å². The van der Waals surface area contributed by atoms with Crippen molar-refractivity contribution in [3.8, 4) is 6.07 Å². The lowest BCUT2D eigenvalue weighted by atomic mass is 10.1. The van der Waals surface area contributed by atoms with Crippen LogP contribution in [0.25, 0.3) is 0 Å². The van der Waals surface area contributed by atoms with Crippen molar-refractivity contribution < 1.29 is 22.0 Å². The molecule has 1 aliphatic rings. The Kier molecular flexibility index (Phi) is 9.41. The molecule has 240 valence electrons. The van der Waals surface area contributed by atoms with Crippen LogP contribution in [0.4, 0.5) is 27.6 Å². The van der Waals surface area contributed by atoms with E-state index in [2.05, 4.69) is 0 Å². The van der Waals surface area contributed by atoms with Crippen LogP contribution >= 0.6 is 0 Å². The monoisotopic (exact) mass is 638 g/mol. The Hall–Kier alpha value is -4.80. The predicted molar refractivity (Wildman–Crippen MR) is 162 cm³/mol. The van der Waals surface area contributed by atoms with Crippen LogP contribution in [0.2, 0.25) is 0 Å². The molecule has 0 aliphatic carbocycles. The third kappa shape index (κ3) is 6.59. The van der Waals surface area contributed by atoms with E-state index in [0.717, 1.165) is 27.3 Å². The molecule has 2 N–H and O–H groups in total. The molecule has 1 saturated heterocycles. The van der Waals surface area contributed by atoms with Gasteiger partial charge in [-0.3, -0.25) is 18.8 Å². The number of benzene rings is 3. The summed E-state index contributed by atoms with van der Waals surface area (Å²) in [4.78, 5) is 31.5. The summed E-state index contributed by atoms with van der Waals surface area (Å²) in [7, 11) is 0. The van der Waals surface area contributed by atoms with E-state index < -0.39 is 52.8 Å². The summed E-state index contributed by atoms with van der Waals surface area (Å²) >= 11 is 0. The van der Waals surface area contributed by atoms with Crippen LogP contribution in [-0.2, 0) is 25.8 Å². The zero-order valence-corrected chi connectivity index (χ0v) is 24.9. The minimum atomic E-state index is -4.88. The molecule has 1 aliphatic heterocycles. The average Bonchev–Trinajstić information content (AvgIpc) is 3.03. The highest BCUT2D eigenvalue weighted by molar-refractivity contribution is 5.50. The van der Waals surface area contributed by atoms with E-state index >= 15 is 0 Å². The Balaban J connectivity index is 1.53. The molecule has 4 aromatic rings. The summed E-state index contributed by atoms with van der Waals surface area (Å²) in [6, 6.07) is 16.8. The Labute approximate surface area is 261 Å². The molecule has 2 heterocycles. The molecule has 0 spiro atoms. The average molecular weight is 639 g/mol. The molecule has 13 heteroatoms. The molecule has 5 rings (SSSR count). The second kappa shape index (κ2) is 13.3. The second-order valence-corrected chi connectivity index (χ2v) is 11.1. The van der Waals surface area contributed by atoms with Crippen LogP contribution in [0.15, 0.2) is 76.3 Å². The number of hydrogen-bond donors (Lipinski definition) is 1. The van der Waals surface area contributed by atoms with Gasteiger partial charge in [-0.1, -0.05) is 48.5 Å². The molecule has 1 aromatic heterocycles. The Morgan fingerprint density at radius 2 is 1.52 bits per heavy atom. The molecular weight excluding hydrogens is 607 g/mol. The SMILES string of the molecule is Cc1c(N2CCN(Cc3cccc(F)c3C#N)CC2)c(=O)n(C[C@H](N)c2ccccc2)c(=O)n1Cc1c(F)cccc1C(F)(F)F. The summed E-state index contributed by atoms with van der Waals surface area (Å²) in [5, 5.41) is 9.40. The summed E-state index contributed by atoms with van der Waals surface area (Å²) in [6.07, 6.45) is -4.88. The Bertz CT molecular complexity index is 1890. The van der Waals surface area contributed by atoms with Crippen molar-refractivity contribution in [3.05, 3.63) is 133 Å². The molecule has 0 bridgehead atoms. The number of piperazine rings is 1. The first kappa shape index (κ1) is 32.6. The van der Waals surface area contributed by atoms with Crippen LogP contribution in [0.1, 0.15) is 39.6 Å². The van der Waals surface area contributed by atoms with Gasteiger partial charge >= 0.3 is 11.9 Å². The first-order chi connectivity index (χ1) is 21.9. The molecule has 3 aromatic carbocycles. The highest BCUT2D eigenvalue weighted by atomic mass is 19.4. The summed E-state index contributed by atoms with van der Waals surface area (Å²) in [5.74, 6) is -1.75. The highest BCUT2D eigenvalue weighted by Crippen LogP contribution is 2.33. The summed E-state index contributed by atoms with van der Waals surface area (Å²) in [6.45, 7) is 2.06. The molecular formula is C33H31F5N6O2. The Morgan fingerprint density at radius 1 is 0.870 bits per heavy atom. The molecule has 0 saturated carbocycles. The van der Waals surface area contributed by atoms with E-state index in [1.165, 1.54) is 19.1 Å². The van der Waals surface area contributed by atoms with Gasteiger partial charge in [-0.15, -0.1) is 0 Å².